The zero-order chi connectivity index (χ0) is 25.6. The second kappa shape index (κ2) is 9.41. The molecule has 0 atom stereocenters. The summed E-state index contributed by atoms with van der Waals surface area (Å²) in [6.45, 7) is 6.68. The van der Waals surface area contributed by atoms with E-state index in [0.29, 0.717) is 28.0 Å². The van der Waals surface area contributed by atoms with E-state index in [1.807, 2.05) is 18.3 Å². The number of nitrogens with zero attached hydrogens (tertiary/aromatic N) is 8. The first-order valence-electron chi connectivity index (χ1n) is 13.1. The van der Waals surface area contributed by atoms with Crippen LogP contribution in [0.5, 0.6) is 0 Å². The highest BCUT2D eigenvalue weighted by Crippen LogP contribution is 2.34. The third-order valence-corrected chi connectivity index (χ3v) is 7.63. The van der Waals surface area contributed by atoms with E-state index in [2.05, 4.69) is 51.9 Å². The fraction of sp³-hybridized carbons (Fsp3) is 0.370. The van der Waals surface area contributed by atoms with Crippen LogP contribution >= 0.6 is 0 Å². The van der Waals surface area contributed by atoms with Gasteiger partial charge < -0.3 is 14.8 Å². The van der Waals surface area contributed by atoms with Crippen LogP contribution in [0.1, 0.15) is 18.4 Å². The first-order valence-corrected chi connectivity index (χ1v) is 13.1. The molecular weight excluding hydrogens is 483 g/mol. The van der Waals surface area contributed by atoms with Crippen LogP contribution in [0.25, 0.3) is 44.7 Å². The number of H-pyrrole nitrogens is 2. The molecule has 0 amide bonds. The largest absolute Gasteiger partial charge is 0.352 e. The second-order valence-corrected chi connectivity index (χ2v) is 10.3. The van der Waals surface area contributed by atoms with Gasteiger partial charge in [-0.15, -0.1) is 0 Å². The lowest BCUT2D eigenvalue weighted by Crippen LogP contribution is -2.44. The van der Waals surface area contributed by atoms with Gasteiger partial charge in [0.15, 0.2) is 17.5 Å². The Morgan fingerprint density at radius 3 is 2.63 bits per heavy atom. The van der Waals surface area contributed by atoms with Crippen molar-refractivity contribution in [3.8, 4) is 22.8 Å². The van der Waals surface area contributed by atoms with Crippen LogP contribution in [0, 0.1) is 5.82 Å². The lowest BCUT2D eigenvalue weighted by atomic mass is 10.1. The lowest BCUT2D eigenvalue weighted by molar-refractivity contribution is 0.312. The SMILES string of the molecule is CN1CCN(c2nccc3[nH]c(-c4n[nH]c5cnc(-c6cncc(CN7CCCC7)c6)c(F)c45)nc23)CC1. The van der Waals surface area contributed by atoms with Crippen LogP contribution in [0.3, 0.4) is 0 Å². The van der Waals surface area contributed by atoms with E-state index in [9.17, 15) is 0 Å². The summed E-state index contributed by atoms with van der Waals surface area (Å²) >= 11 is 0. The van der Waals surface area contributed by atoms with E-state index in [-0.39, 0.29) is 5.69 Å². The lowest BCUT2D eigenvalue weighted by Gasteiger charge is -2.33. The molecule has 2 fully saturated rings. The minimum absolute atomic E-state index is 0.256. The van der Waals surface area contributed by atoms with Crippen molar-refractivity contribution in [1.82, 2.24) is 44.9 Å². The van der Waals surface area contributed by atoms with Crippen LogP contribution < -0.4 is 4.90 Å². The monoisotopic (exact) mass is 512 g/mol. The Balaban J connectivity index is 1.27. The number of hydrogen-bond donors (Lipinski definition) is 2. The number of rotatable bonds is 5. The molecule has 10 nitrogen and oxygen atoms in total. The maximum atomic E-state index is 16.1. The van der Waals surface area contributed by atoms with Crippen molar-refractivity contribution >= 4 is 27.8 Å². The van der Waals surface area contributed by atoms with Crippen LogP contribution in [0.15, 0.2) is 36.9 Å². The van der Waals surface area contributed by atoms with Crippen molar-refractivity contribution in [2.24, 2.45) is 0 Å². The third kappa shape index (κ3) is 4.07. The summed E-state index contributed by atoms with van der Waals surface area (Å²) in [6, 6.07) is 3.87. The van der Waals surface area contributed by atoms with Crippen LogP contribution in [-0.4, -0.2) is 91.2 Å². The summed E-state index contributed by atoms with van der Waals surface area (Å²) in [7, 11) is 2.12. The fourth-order valence-corrected chi connectivity index (χ4v) is 5.53. The quantitative estimate of drug-likeness (QED) is 0.369. The van der Waals surface area contributed by atoms with E-state index in [1.54, 1.807) is 18.6 Å². The molecule has 0 aromatic carbocycles. The molecule has 0 unspecified atom stereocenters. The minimum atomic E-state index is -0.441. The average Bonchev–Trinajstić information content (AvgIpc) is 3.69. The summed E-state index contributed by atoms with van der Waals surface area (Å²) in [5.74, 6) is 0.887. The molecule has 38 heavy (non-hydrogen) atoms. The van der Waals surface area contributed by atoms with E-state index < -0.39 is 5.82 Å². The molecule has 5 aromatic rings. The van der Waals surface area contributed by atoms with Gasteiger partial charge in [0.25, 0.3) is 0 Å². The topological polar surface area (TPSA) is 106 Å². The molecular formula is C27H29FN10. The van der Waals surface area contributed by atoms with E-state index in [4.69, 9.17) is 4.98 Å². The van der Waals surface area contributed by atoms with Crippen molar-refractivity contribution in [2.45, 2.75) is 19.4 Å². The number of nitrogens with one attached hydrogen (secondary N) is 2. The average molecular weight is 513 g/mol. The molecule has 0 saturated carbocycles. The molecule has 7 heterocycles. The highest BCUT2D eigenvalue weighted by molar-refractivity contribution is 5.96. The number of halogens is 1. The Hall–Kier alpha value is -3.96. The number of piperazine rings is 1. The zero-order valence-electron chi connectivity index (χ0n) is 21.3. The minimum Gasteiger partial charge on any atom is -0.352 e. The Morgan fingerprint density at radius 2 is 1.79 bits per heavy atom. The summed E-state index contributed by atoms with van der Waals surface area (Å²) in [5.41, 5.74) is 4.50. The maximum Gasteiger partial charge on any atom is 0.161 e. The molecule has 2 aliphatic rings. The highest BCUT2D eigenvalue weighted by atomic mass is 19.1. The molecule has 194 valence electrons. The van der Waals surface area contributed by atoms with Crippen molar-refractivity contribution in [3.05, 3.63) is 48.3 Å². The molecule has 0 spiro atoms. The van der Waals surface area contributed by atoms with Gasteiger partial charge in [0.2, 0.25) is 0 Å². The Bertz CT molecular complexity index is 1610. The van der Waals surface area contributed by atoms with E-state index in [1.165, 1.54) is 12.8 Å². The van der Waals surface area contributed by atoms with Gasteiger partial charge in [0.1, 0.15) is 16.9 Å². The summed E-state index contributed by atoms with van der Waals surface area (Å²) in [6.07, 6.45) is 9.36. The highest BCUT2D eigenvalue weighted by Gasteiger charge is 2.23. The van der Waals surface area contributed by atoms with Gasteiger partial charge in [0, 0.05) is 56.9 Å². The number of aromatic nitrogens is 7. The molecule has 2 aliphatic heterocycles. The van der Waals surface area contributed by atoms with Crippen LogP contribution in [0.4, 0.5) is 10.2 Å². The smallest absolute Gasteiger partial charge is 0.161 e. The number of pyridine rings is 3. The zero-order valence-corrected chi connectivity index (χ0v) is 21.3. The van der Waals surface area contributed by atoms with Gasteiger partial charge in [-0.05, 0) is 50.7 Å². The summed E-state index contributed by atoms with van der Waals surface area (Å²) in [5, 5.41) is 7.71. The molecule has 11 heteroatoms. The molecule has 2 N–H and O–H groups in total. The second-order valence-electron chi connectivity index (χ2n) is 10.3. The van der Waals surface area contributed by atoms with Crippen molar-refractivity contribution < 1.29 is 4.39 Å². The van der Waals surface area contributed by atoms with Gasteiger partial charge in [-0.3, -0.25) is 20.0 Å². The number of hydrogen-bond acceptors (Lipinski definition) is 8. The number of anilines is 1. The van der Waals surface area contributed by atoms with E-state index in [0.717, 1.165) is 68.2 Å². The fourth-order valence-electron chi connectivity index (χ4n) is 5.53. The first kappa shape index (κ1) is 23.2. The Morgan fingerprint density at radius 1 is 0.947 bits per heavy atom. The molecule has 5 aromatic heterocycles. The van der Waals surface area contributed by atoms with Gasteiger partial charge >= 0.3 is 0 Å². The standard InChI is InChI=1S/C27H29FN10/c1-36-8-10-38(11-9-36)27-24-19(4-5-30-27)32-26(33-24)25-21-20(34-35-25)15-31-23(22(21)28)18-12-17(13-29-14-18)16-37-6-2-3-7-37/h4-5,12-15H,2-3,6-11,16H2,1H3,(H,32,33)(H,34,35). The predicted octanol–water partition coefficient (Wildman–Crippen LogP) is 3.44. The van der Waals surface area contributed by atoms with Crippen LogP contribution in [-0.2, 0) is 6.54 Å². The van der Waals surface area contributed by atoms with Gasteiger partial charge in [-0.2, -0.15) is 5.10 Å². The molecule has 0 bridgehead atoms. The number of imidazole rings is 1. The van der Waals surface area contributed by atoms with E-state index >= 15 is 4.39 Å². The Kier molecular flexibility index (Phi) is 5.74. The molecule has 0 radical (unpaired) electrons. The number of likely N-dealkylation sites (N-methyl/N-ethyl adjacent to an activating group) is 1. The van der Waals surface area contributed by atoms with Gasteiger partial charge in [-0.25, -0.2) is 14.4 Å². The van der Waals surface area contributed by atoms with Gasteiger partial charge in [-0.1, -0.05) is 0 Å². The van der Waals surface area contributed by atoms with Gasteiger partial charge in [0.05, 0.1) is 22.6 Å². The van der Waals surface area contributed by atoms with Crippen molar-refractivity contribution in [1.29, 1.82) is 0 Å². The Labute approximate surface area is 218 Å². The summed E-state index contributed by atoms with van der Waals surface area (Å²) in [4.78, 5) is 28.6. The summed E-state index contributed by atoms with van der Waals surface area (Å²) < 4.78 is 16.1. The molecule has 7 rings (SSSR count). The maximum absolute atomic E-state index is 16.1. The first-order chi connectivity index (χ1) is 18.6. The normalized spacial score (nSPS) is 17.3. The van der Waals surface area contributed by atoms with Crippen LogP contribution in [0.2, 0.25) is 0 Å². The molecule has 0 aliphatic carbocycles. The number of fused-ring (bicyclic) bond motifs is 2. The number of aromatic amines is 2. The third-order valence-electron chi connectivity index (χ3n) is 7.63. The van der Waals surface area contributed by atoms with Crippen molar-refractivity contribution in [3.63, 3.8) is 0 Å². The van der Waals surface area contributed by atoms with Crippen molar-refractivity contribution in [2.75, 3.05) is 51.2 Å². The number of likely N-dealkylation sites (tertiary alicyclic amines) is 1. The molecule has 2 saturated heterocycles. The predicted molar refractivity (Wildman–Crippen MR) is 144 cm³/mol.